The summed E-state index contributed by atoms with van der Waals surface area (Å²) in [6.07, 6.45) is 8.22. The molecule has 9 heteroatoms. The van der Waals surface area contributed by atoms with E-state index in [1.54, 1.807) is 0 Å². The highest BCUT2D eigenvalue weighted by Gasteiger charge is 2.03. The largest absolute Gasteiger partial charge is 0.368 e. The fourth-order valence-corrected chi connectivity index (χ4v) is 1.98. The van der Waals surface area contributed by atoms with E-state index in [2.05, 4.69) is 30.7 Å². The van der Waals surface area contributed by atoms with Crippen LogP contribution in [0.1, 0.15) is 0 Å². The van der Waals surface area contributed by atoms with Gasteiger partial charge in [-0.1, -0.05) is 0 Å². The van der Waals surface area contributed by atoms with E-state index < -0.39 is 0 Å². The van der Waals surface area contributed by atoms with Crippen LogP contribution in [0.3, 0.4) is 0 Å². The predicted octanol–water partition coefficient (Wildman–Crippen LogP) is 0.0871. The molecule has 0 atom stereocenters. The molecule has 0 unspecified atom stereocenters. The van der Waals surface area contributed by atoms with Crippen molar-refractivity contribution in [1.29, 1.82) is 0 Å². The lowest BCUT2D eigenvalue weighted by molar-refractivity contribution is -0.121. The monoisotopic (exact) mass is 312 g/mol. The van der Waals surface area contributed by atoms with Crippen LogP contribution in [0.15, 0.2) is 49.6 Å². The molecule has 118 valence electrons. The lowest BCUT2D eigenvalue weighted by atomic mass is 10.5. The molecule has 0 aliphatic carbocycles. The van der Waals surface area contributed by atoms with Gasteiger partial charge in [-0.15, -0.1) is 0 Å². The quantitative estimate of drug-likeness (QED) is 0.599. The Kier molecular flexibility index (Phi) is 4.58. The summed E-state index contributed by atoms with van der Waals surface area (Å²) in [5.41, 5.74) is 0. The maximum absolute atomic E-state index is 11.7. The molecule has 0 aliphatic heterocycles. The molecule has 0 saturated carbocycles. The van der Waals surface area contributed by atoms with Gasteiger partial charge in [0.1, 0.15) is 37.2 Å². The van der Waals surface area contributed by atoms with Gasteiger partial charge in [-0.05, 0) is 12.1 Å². The van der Waals surface area contributed by atoms with E-state index in [4.69, 9.17) is 0 Å². The molecule has 2 N–H and O–H groups in total. The number of anilines is 1. The topological polar surface area (TPSA) is 103 Å². The van der Waals surface area contributed by atoms with Crippen molar-refractivity contribution in [2.24, 2.45) is 0 Å². The molecule has 3 aromatic heterocycles. The Balaban J connectivity index is 1.44. The first kappa shape index (κ1) is 14.7. The highest BCUT2D eigenvalue weighted by molar-refractivity contribution is 5.75. The van der Waals surface area contributed by atoms with Gasteiger partial charge in [0.2, 0.25) is 5.91 Å². The Labute approximate surface area is 132 Å². The Morgan fingerprint density at radius 2 is 2.00 bits per heavy atom. The highest BCUT2D eigenvalue weighted by atomic mass is 16.2. The maximum atomic E-state index is 11.7. The minimum Gasteiger partial charge on any atom is -0.368 e. The molecule has 0 bridgehead atoms. The van der Waals surface area contributed by atoms with E-state index >= 15 is 0 Å². The average Bonchev–Trinajstić information content (AvgIpc) is 3.25. The molecule has 0 radical (unpaired) electrons. The molecule has 1 amide bonds. The summed E-state index contributed by atoms with van der Waals surface area (Å²) in [5.74, 6) is 1.37. The molecule has 3 rings (SSSR count). The van der Waals surface area contributed by atoms with Crippen LogP contribution in [0.2, 0.25) is 0 Å². The van der Waals surface area contributed by atoms with Crippen molar-refractivity contribution >= 4 is 11.7 Å². The van der Waals surface area contributed by atoms with E-state index in [1.165, 1.54) is 23.7 Å². The van der Waals surface area contributed by atoms with Crippen molar-refractivity contribution in [1.82, 2.24) is 34.6 Å². The summed E-state index contributed by atoms with van der Waals surface area (Å²) in [6, 6.07) is 5.71. The smallest absolute Gasteiger partial charge is 0.241 e. The third-order valence-electron chi connectivity index (χ3n) is 3.05. The van der Waals surface area contributed by atoms with E-state index in [9.17, 15) is 4.79 Å². The summed E-state index contributed by atoms with van der Waals surface area (Å²) in [5, 5.41) is 9.82. The molecule has 23 heavy (non-hydrogen) atoms. The molecule has 0 spiro atoms. The number of hydrogen-bond acceptors (Lipinski definition) is 6. The molecule has 3 heterocycles. The fourth-order valence-electron chi connectivity index (χ4n) is 1.98. The van der Waals surface area contributed by atoms with Crippen LogP contribution in [0.25, 0.3) is 5.82 Å². The van der Waals surface area contributed by atoms with Gasteiger partial charge in [0.15, 0.2) is 0 Å². The van der Waals surface area contributed by atoms with Crippen LogP contribution in [0.4, 0.5) is 5.82 Å². The van der Waals surface area contributed by atoms with Crippen LogP contribution in [0.5, 0.6) is 0 Å². The first-order valence-corrected chi connectivity index (χ1v) is 7.09. The minimum atomic E-state index is -0.118. The maximum Gasteiger partial charge on any atom is 0.241 e. The number of aromatic nitrogens is 6. The van der Waals surface area contributed by atoms with Crippen molar-refractivity contribution in [2.75, 3.05) is 18.4 Å². The van der Waals surface area contributed by atoms with Gasteiger partial charge in [-0.3, -0.25) is 4.79 Å². The number of nitrogens with one attached hydrogen (secondary N) is 2. The van der Waals surface area contributed by atoms with Crippen LogP contribution >= 0.6 is 0 Å². The van der Waals surface area contributed by atoms with Crippen molar-refractivity contribution in [3.05, 3.63) is 49.6 Å². The summed E-state index contributed by atoms with van der Waals surface area (Å²) in [6.45, 7) is 1.20. The molecule has 0 aromatic carbocycles. The molecule has 0 fully saturated rings. The highest BCUT2D eigenvalue weighted by Crippen LogP contribution is 2.08. The number of hydrogen-bond donors (Lipinski definition) is 2. The number of carbonyl (C=O) groups excluding carboxylic acids is 1. The second-order valence-electron chi connectivity index (χ2n) is 4.72. The molecule has 9 nitrogen and oxygen atoms in total. The molecule has 0 saturated heterocycles. The summed E-state index contributed by atoms with van der Waals surface area (Å²) < 4.78 is 3.36. The van der Waals surface area contributed by atoms with Crippen LogP contribution in [-0.2, 0) is 11.3 Å². The number of nitrogens with zero attached hydrogens (tertiary/aromatic N) is 6. The Morgan fingerprint density at radius 1 is 1.13 bits per heavy atom. The lowest BCUT2D eigenvalue weighted by Crippen LogP contribution is -2.31. The third-order valence-corrected chi connectivity index (χ3v) is 3.05. The first-order valence-electron chi connectivity index (χ1n) is 7.09. The molecular formula is C14H16N8O. The number of rotatable bonds is 7. The van der Waals surface area contributed by atoms with Gasteiger partial charge in [-0.25, -0.2) is 19.6 Å². The Morgan fingerprint density at radius 3 is 2.78 bits per heavy atom. The van der Waals surface area contributed by atoms with E-state index in [0.29, 0.717) is 18.9 Å². The van der Waals surface area contributed by atoms with Crippen LogP contribution in [0, 0.1) is 0 Å². The third kappa shape index (κ3) is 4.13. The van der Waals surface area contributed by atoms with Gasteiger partial charge in [0.05, 0.1) is 0 Å². The van der Waals surface area contributed by atoms with E-state index in [1.807, 2.05) is 35.2 Å². The van der Waals surface area contributed by atoms with Crippen LogP contribution < -0.4 is 10.6 Å². The second-order valence-corrected chi connectivity index (χ2v) is 4.72. The number of carbonyl (C=O) groups is 1. The van der Waals surface area contributed by atoms with Crippen LogP contribution in [-0.4, -0.2) is 48.3 Å². The van der Waals surface area contributed by atoms with Crippen molar-refractivity contribution in [3.8, 4) is 5.82 Å². The molecule has 3 aromatic rings. The van der Waals surface area contributed by atoms with Gasteiger partial charge in [-0.2, -0.15) is 5.10 Å². The zero-order valence-corrected chi connectivity index (χ0v) is 12.3. The SMILES string of the molecule is O=C(Cn1cncn1)NCCNc1cc(-n2cccc2)ncn1. The Bertz CT molecular complexity index is 738. The van der Waals surface area contributed by atoms with Gasteiger partial charge in [0.25, 0.3) is 0 Å². The van der Waals surface area contributed by atoms with Crippen molar-refractivity contribution in [3.63, 3.8) is 0 Å². The lowest BCUT2D eigenvalue weighted by Gasteiger charge is -2.08. The van der Waals surface area contributed by atoms with Gasteiger partial charge in [0, 0.05) is 31.5 Å². The molecular weight excluding hydrogens is 296 g/mol. The zero-order valence-electron chi connectivity index (χ0n) is 12.3. The van der Waals surface area contributed by atoms with Gasteiger partial charge >= 0.3 is 0 Å². The first-order chi connectivity index (χ1) is 11.3. The standard InChI is InChI=1S/C14H16N8O/c23-14(8-22-11-15-9-20-22)17-4-3-16-12-7-13(19-10-18-12)21-5-1-2-6-21/h1-2,5-7,9-11H,3-4,8H2,(H,17,23)(H,16,18,19). The van der Waals surface area contributed by atoms with E-state index in [0.717, 1.165) is 5.82 Å². The average molecular weight is 312 g/mol. The predicted molar refractivity (Wildman–Crippen MR) is 82.9 cm³/mol. The van der Waals surface area contributed by atoms with Crippen molar-refractivity contribution in [2.45, 2.75) is 6.54 Å². The normalized spacial score (nSPS) is 10.4. The second kappa shape index (κ2) is 7.16. The molecule has 0 aliphatic rings. The Hall–Kier alpha value is -3.23. The van der Waals surface area contributed by atoms with Gasteiger partial charge < -0.3 is 15.2 Å². The summed E-state index contributed by atoms with van der Waals surface area (Å²) >= 11 is 0. The zero-order chi connectivity index (χ0) is 15.9. The number of amides is 1. The minimum absolute atomic E-state index is 0.118. The summed E-state index contributed by atoms with van der Waals surface area (Å²) in [7, 11) is 0. The fraction of sp³-hybridized carbons (Fsp3) is 0.214. The van der Waals surface area contributed by atoms with E-state index in [-0.39, 0.29) is 12.5 Å². The summed E-state index contributed by atoms with van der Waals surface area (Å²) in [4.78, 5) is 23.8. The van der Waals surface area contributed by atoms with Crippen molar-refractivity contribution < 1.29 is 4.79 Å².